The lowest BCUT2D eigenvalue weighted by Crippen LogP contribution is -1.96. The molecule has 0 saturated heterocycles. The van der Waals surface area contributed by atoms with Crippen molar-refractivity contribution in [2.24, 2.45) is 0 Å². The van der Waals surface area contributed by atoms with Crippen LogP contribution in [0.15, 0.2) is 36.4 Å². The fourth-order valence-electron chi connectivity index (χ4n) is 1.60. The van der Waals surface area contributed by atoms with Crippen LogP contribution in [-0.4, -0.2) is 4.92 Å². The molecule has 0 aliphatic rings. The van der Waals surface area contributed by atoms with Crippen molar-refractivity contribution < 1.29 is 9.66 Å². The van der Waals surface area contributed by atoms with Gasteiger partial charge in [0.2, 0.25) is 5.75 Å². The largest absolute Gasteiger partial charge is 0.448 e. The Bertz CT molecular complexity index is 661. The minimum atomic E-state index is -0.558. The van der Waals surface area contributed by atoms with Crippen LogP contribution in [0.25, 0.3) is 0 Å². The molecule has 0 aliphatic carbocycles. The zero-order valence-electron chi connectivity index (χ0n) is 9.98. The first-order chi connectivity index (χ1) is 9.52. The Labute approximate surface area is 130 Å². The minimum absolute atomic E-state index is 0.0205. The summed E-state index contributed by atoms with van der Waals surface area (Å²) >= 11 is 17.6. The Balaban J connectivity index is 2.47. The van der Waals surface area contributed by atoms with Crippen molar-refractivity contribution in [3.63, 3.8) is 0 Å². The molecule has 0 aliphatic heterocycles. The SMILES string of the molecule is O=[N+]([O-])c1cccc(Cl)c1Oc1ccc(Cl)cc1CCl. The van der Waals surface area contributed by atoms with E-state index in [0.717, 1.165) is 0 Å². The number of nitro benzene ring substituents is 1. The zero-order valence-corrected chi connectivity index (χ0v) is 12.2. The molecule has 0 atom stereocenters. The first kappa shape index (κ1) is 14.9. The molecule has 0 unspecified atom stereocenters. The standard InChI is InChI=1S/C13H8Cl3NO3/c14-7-8-6-9(15)4-5-12(8)20-13-10(16)2-1-3-11(13)17(18)19/h1-6H,7H2. The Morgan fingerprint density at radius 3 is 2.60 bits per heavy atom. The summed E-state index contributed by atoms with van der Waals surface area (Å²) in [6, 6.07) is 9.14. The van der Waals surface area contributed by atoms with Gasteiger partial charge in [-0.05, 0) is 24.3 Å². The summed E-state index contributed by atoms with van der Waals surface area (Å²) < 4.78 is 5.56. The topological polar surface area (TPSA) is 52.4 Å². The van der Waals surface area contributed by atoms with Crippen LogP contribution in [-0.2, 0) is 5.88 Å². The van der Waals surface area contributed by atoms with Gasteiger partial charge >= 0.3 is 5.69 Å². The number of ether oxygens (including phenoxy) is 1. The highest BCUT2D eigenvalue weighted by atomic mass is 35.5. The molecule has 0 aromatic heterocycles. The summed E-state index contributed by atoms with van der Waals surface area (Å²) in [5.41, 5.74) is 0.404. The fraction of sp³-hybridized carbons (Fsp3) is 0.0769. The Morgan fingerprint density at radius 2 is 1.95 bits per heavy atom. The van der Waals surface area contributed by atoms with Gasteiger partial charge in [0.05, 0.1) is 15.8 Å². The molecule has 2 rings (SSSR count). The number of alkyl halides is 1. The van der Waals surface area contributed by atoms with Gasteiger partial charge in [-0.2, -0.15) is 0 Å². The van der Waals surface area contributed by atoms with Crippen LogP contribution in [0.2, 0.25) is 10.0 Å². The number of halogens is 3. The van der Waals surface area contributed by atoms with E-state index in [4.69, 9.17) is 39.5 Å². The normalized spacial score (nSPS) is 10.3. The number of hydrogen-bond donors (Lipinski definition) is 0. The molecule has 0 radical (unpaired) electrons. The van der Waals surface area contributed by atoms with Gasteiger partial charge in [-0.25, -0.2) is 0 Å². The summed E-state index contributed by atoms with van der Waals surface area (Å²) in [6.07, 6.45) is 0. The van der Waals surface area contributed by atoms with Gasteiger partial charge in [0, 0.05) is 16.7 Å². The molecule has 20 heavy (non-hydrogen) atoms. The first-order valence-electron chi connectivity index (χ1n) is 5.48. The van der Waals surface area contributed by atoms with Gasteiger partial charge < -0.3 is 4.74 Å². The van der Waals surface area contributed by atoms with Crippen LogP contribution in [0.4, 0.5) is 5.69 Å². The molecule has 0 N–H and O–H groups in total. The van der Waals surface area contributed by atoms with Crippen molar-refractivity contribution in [3.8, 4) is 11.5 Å². The molecule has 0 saturated carbocycles. The second-order valence-corrected chi connectivity index (χ2v) is 4.94. The van der Waals surface area contributed by atoms with Gasteiger partial charge in [0.15, 0.2) is 0 Å². The van der Waals surface area contributed by atoms with Crippen molar-refractivity contribution in [1.82, 2.24) is 0 Å². The molecule has 4 nitrogen and oxygen atoms in total. The van der Waals surface area contributed by atoms with E-state index in [0.29, 0.717) is 16.3 Å². The lowest BCUT2D eigenvalue weighted by molar-refractivity contribution is -0.385. The van der Waals surface area contributed by atoms with Crippen molar-refractivity contribution in [1.29, 1.82) is 0 Å². The molecule has 0 spiro atoms. The van der Waals surface area contributed by atoms with E-state index in [1.807, 2.05) is 0 Å². The second-order valence-electron chi connectivity index (χ2n) is 3.83. The van der Waals surface area contributed by atoms with Crippen LogP contribution in [0.5, 0.6) is 11.5 Å². The maximum absolute atomic E-state index is 11.0. The monoisotopic (exact) mass is 331 g/mol. The molecule has 0 heterocycles. The number of rotatable bonds is 4. The van der Waals surface area contributed by atoms with Crippen LogP contribution in [0.3, 0.4) is 0 Å². The predicted molar refractivity (Wildman–Crippen MR) is 79.2 cm³/mol. The zero-order chi connectivity index (χ0) is 14.7. The molecule has 2 aromatic rings. The Hall–Kier alpha value is -1.49. The molecule has 2 aromatic carbocycles. The Morgan fingerprint density at radius 1 is 1.20 bits per heavy atom. The third kappa shape index (κ3) is 3.15. The van der Waals surface area contributed by atoms with Crippen molar-refractivity contribution in [2.75, 3.05) is 0 Å². The van der Waals surface area contributed by atoms with Crippen molar-refractivity contribution in [2.45, 2.75) is 5.88 Å². The average molecular weight is 333 g/mol. The van der Waals surface area contributed by atoms with Gasteiger partial charge in [-0.1, -0.05) is 29.3 Å². The summed E-state index contributed by atoms with van der Waals surface area (Å²) in [7, 11) is 0. The third-order valence-corrected chi connectivity index (χ3v) is 3.34. The molecule has 7 heteroatoms. The summed E-state index contributed by atoms with van der Waals surface area (Å²) in [5.74, 6) is 0.516. The Kier molecular flexibility index (Phi) is 4.70. The van der Waals surface area contributed by atoms with Crippen LogP contribution in [0, 0.1) is 10.1 Å². The van der Waals surface area contributed by atoms with Crippen molar-refractivity contribution >= 4 is 40.5 Å². The molecule has 104 valence electrons. The number of nitro groups is 1. The van der Waals surface area contributed by atoms with Crippen LogP contribution < -0.4 is 4.74 Å². The number of hydrogen-bond acceptors (Lipinski definition) is 3. The van der Waals surface area contributed by atoms with Gasteiger partial charge in [-0.3, -0.25) is 10.1 Å². The highest BCUT2D eigenvalue weighted by Gasteiger charge is 2.20. The maximum atomic E-state index is 11.0. The summed E-state index contributed by atoms with van der Waals surface area (Å²) in [5, 5.41) is 11.6. The van der Waals surface area contributed by atoms with Crippen molar-refractivity contribution in [3.05, 3.63) is 62.1 Å². The average Bonchev–Trinajstić information content (AvgIpc) is 2.42. The lowest BCUT2D eigenvalue weighted by Gasteiger charge is -2.11. The molecular weight excluding hydrogens is 325 g/mol. The fourth-order valence-corrected chi connectivity index (χ4v) is 2.22. The van der Waals surface area contributed by atoms with E-state index in [1.165, 1.54) is 18.2 Å². The quantitative estimate of drug-likeness (QED) is 0.426. The highest BCUT2D eigenvalue weighted by Crippen LogP contribution is 2.39. The van der Waals surface area contributed by atoms with Gasteiger partial charge in [0.1, 0.15) is 5.75 Å². The van der Waals surface area contributed by atoms with E-state index in [2.05, 4.69) is 0 Å². The van der Waals surface area contributed by atoms with E-state index in [-0.39, 0.29) is 22.3 Å². The highest BCUT2D eigenvalue weighted by molar-refractivity contribution is 6.32. The first-order valence-corrected chi connectivity index (χ1v) is 6.77. The molecule has 0 bridgehead atoms. The van der Waals surface area contributed by atoms with Gasteiger partial charge in [-0.15, -0.1) is 11.6 Å². The number of nitrogens with zero attached hydrogens (tertiary/aromatic N) is 1. The van der Waals surface area contributed by atoms with E-state index in [1.54, 1.807) is 18.2 Å². The van der Waals surface area contributed by atoms with E-state index < -0.39 is 4.92 Å². The minimum Gasteiger partial charge on any atom is -0.448 e. The van der Waals surface area contributed by atoms with E-state index in [9.17, 15) is 10.1 Å². The smallest absolute Gasteiger partial charge is 0.313 e. The maximum Gasteiger partial charge on any atom is 0.313 e. The van der Waals surface area contributed by atoms with Crippen LogP contribution in [0.1, 0.15) is 5.56 Å². The molecular formula is C13H8Cl3NO3. The molecule has 0 fully saturated rings. The summed E-state index contributed by atoms with van der Waals surface area (Å²) in [6.45, 7) is 0. The second kappa shape index (κ2) is 6.31. The number of benzene rings is 2. The predicted octanol–water partition coefficient (Wildman–Crippen LogP) is 5.43. The number of para-hydroxylation sites is 1. The van der Waals surface area contributed by atoms with Gasteiger partial charge in [0.25, 0.3) is 0 Å². The van der Waals surface area contributed by atoms with E-state index >= 15 is 0 Å². The third-order valence-electron chi connectivity index (χ3n) is 2.52. The summed E-state index contributed by atoms with van der Waals surface area (Å²) in [4.78, 5) is 10.4. The molecule has 0 amide bonds. The lowest BCUT2D eigenvalue weighted by atomic mass is 10.2. The van der Waals surface area contributed by atoms with Crippen LogP contribution >= 0.6 is 34.8 Å².